The number of nitrogens with zero attached hydrogens (tertiary/aromatic N) is 5. The van der Waals surface area contributed by atoms with Gasteiger partial charge < -0.3 is 14.4 Å². The van der Waals surface area contributed by atoms with E-state index in [1.807, 2.05) is 24.3 Å². The molecule has 2 atom stereocenters. The van der Waals surface area contributed by atoms with Crippen molar-refractivity contribution in [2.24, 2.45) is 0 Å². The van der Waals surface area contributed by atoms with Gasteiger partial charge in [-0.25, -0.2) is 9.97 Å². The largest absolute Gasteiger partial charge is 0.333 e. The monoisotopic (exact) mass is 999 g/mol. The molecule has 10 aromatic carbocycles. The molecule has 0 radical (unpaired) electrons. The zero-order chi connectivity index (χ0) is 51.9. The maximum atomic E-state index is 5.25. The zero-order valence-corrected chi connectivity index (χ0v) is 43.4. The maximum absolute atomic E-state index is 5.25. The van der Waals surface area contributed by atoms with Gasteiger partial charge in [0, 0.05) is 61.5 Å². The fraction of sp³-hybridized carbons (Fsp3) is 0.0685. The Morgan fingerprint density at radius 3 is 1.72 bits per heavy atom. The van der Waals surface area contributed by atoms with Gasteiger partial charge >= 0.3 is 0 Å². The Hall–Kier alpha value is -9.84. The first kappa shape index (κ1) is 45.5. The Morgan fingerprint density at radius 1 is 0.372 bits per heavy atom. The van der Waals surface area contributed by atoms with Crippen LogP contribution in [0.1, 0.15) is 36.5 Å². The Morgan fingerprint density at radius 2 is 0.936 bits per heavy atom. The quantitative estimate of drug-likeness (QED) is 0.152. The van der Waals surface area contributed by atoms with E-state index in [2.05, 4.69) is 277 Å². The fourth-order valence-corrected chi connectivity index (χ4v) is 12.7. The van der Waals surface area contributed by atoms with Crippen molar-refractivity contribution in [1.29, 1.82) is 0 Å². The molecule has 0 bridgehead atoms. The summed E-state index contributed by atoms with van der Waals surface area (Å²) >= 11 is 0. The van der Waals surface area contributed by atoms with Gasteiger partial charge in [0.15, 0.2) is 5.82 Å². The Kier molecular flexibility index (Phi) is 10.6. The van der Waals surface area contributed by atoms with Crippen LogP contribution in [-0.4, -0.2) is 20.6 Å². The van der Waals surface area contributed by atoms with Gasteiger partial charge in [0.05, 0.1) is 39.8 Å². The number of anilines is 5. The zero-order valence-electron chi connectivity index (χ0n) is 43.4. The van der Waals surface area contributed by atoms with Crippen LogP contribution < -0.4 is 9.80 Å². The van der Waals surface area contributed by atoms with E-state index in [9.17, 15) is 0 Å². The van der Waals surface area contributed by atoms with Crippen LogP contribution in [0.3, 0.4) is 0 Å². The van der Waals surface area contributed by atoms with E-state index < -0.39 is 0 Å². The third-order valence-electron chi connectivity index (χ3n) is 16.5. The summed E-state index contributed by atoms with van der Waals surface area (Å²) in [4.78, 5) is 15.4. The Labute approximate surface area is 455 Å². The van der Waals surface area contributed by atoms with Gasteiger partial charge in [0.25, 0.3) is 0 Å². The summed E-state index contributed by atoms with van der Waals surface area (Å²) < 4.78 is 2.44. The number of hydrogen-bond donors (Lipinski definition) is 0. The smallest absolute Gasteiger partial charge is 0.160 e. The number of benzene rings is 10. The number of aromatic nitrogens is 3. The summed E-state index contributed by atoms with van der Waals surface area (Å²) in [6.45, 7) is 4.75. The van der Waals surface area contributed by atoms with Gasteiger partial charge in [-0.05, 0) is 124 Å². The summed E-state index contributed by atoms with van der Waals surface area (Å²) in [7, 11) is 0. The van der Waals surface area contributed by atoms with Crippen molar-refractivity contribution in [1.82, 2.24) is 14.5 Å². The second-order valence-electron chi connectivity index (χ2n) is 21.4. The molecule has 0 amide bonds. The molecular weight excluding hydrogens is 947 g/mol. The molecule has 3 aliphatic rings. The van der Waals surface area contributed by atoms with Crippen LogP contribution in [0.2, 0.25) is 0 Å². The van der Waals surface area contributed by atoms with Crippen LogP contribution in [0.15, 0.2) is 273 Å². The predicted molar refractivity (Wildman–Crippen MR) is 324 cm³/mol. The SMILES string of the molecule is CC1(C)c2ccccc2N(c2ccc(-c3ccccc3)cc2)c2ccc(-c3ccc4c(c3)c3cc(N5c6ccccc6C6C=CC=CC65)ccc3n4-c3cccc(-c4cc(-c5ccccc5)nc(-c5ccccc5)n4)c3)cc21. The molecule has 0 fully saturated rings. The average molecular weight is 1000 g/mol. The highest BCUT2D eigenvalue weighted by Crippen LogP contribution is 2.54. The standard InChI is InChI=1S/C73H53N5/c1-73(2)62-29-14-17-32-70(62)76(55-37-33-49(34-38-55)48-19-6-3-7-20-48)71-41-36-53(45-63(71)73)52-35-40-68-60(44-52)61-46-57(78-66-30-15-12-27-58(66)59-28-13-16-31-67(59)78)39-42-69(61)77(68)56-26-18-25-54(43-56)65-47-64(50-21-8-4-9-22-50)74-72(75-65)51-23-10-5-11-24-51/h3-47,58,66H,1-2H3. The van der Waals surface area contributed by atoms with E-state index in [0.717, 1.165) is 50.5 Å². The summed E-state index contributed by atoms with van der Waals surface area (Å²) in [5.41, 5.74) is 22.6. The molecule has 0 spiro atoms. The first-order valence-electron chi connectivity index (χ1n) is 27.1. The van der Waals surface area contributed by atoms with Crippen molar-refractivity contribution in [3.05, 3.63) is 290 Å². The molecule has 78 heavy (non-hydrogen) atoms. The molecule has 2 aromatic heterocycles. The van der Waals surface area contributed by atoms with Gasteiger partial charge in [-0.3, -0.25) is 0 Å². The topological polar surface area (TPSA) is 37.2 Å². The minimum absolute atomic E-state index is 0.185. The van der Waals surface area contributed by atoms with Crippen LogP contribution in [0.5, 0.6) is 0 Å². The molecule has 0 N–H and O–H groups in total. The fourth-order valence-electron chi connectivity index (χ4n) is 12.7. The van der Waals surface area contributed by atoms with E-state index in [0.29, 0.717) is 5.82 Å². The summed E-state index contributed by atoms with van der Waals surface area (Å²) in [6.07, 6.45) is 9.11. The number of allylic oxidation sites excluding steroid dienone is 2. The molecule has 2 unspecified atom stereocenters. The maximum Gasteiger partial charge on any atom is 0.160 e. The third kappa shape index (κ3) is 7.45. The molecule has 4 heterocycles. The molecule has 15 rings (SSSR count). The normalized spacial score (nSPS) is 15.8. The Bertz CT molecular complexity index is 4300. The minimum Gasteiger partial charge on any atom is -0.333 e. The number of rotatable bonds is 8. The van der Waals surface area contributed by atoms with Crippen LogP contribution in [0.4, 0.5) is 28.4 Å². The van der Waals surface area contributed by atoms with Gasteiger partial charge in [-0.2, -0.15) is 0 Å². The average Bonchev–Trinajstić information content (AvgIpc) is 3.99. The van der Waals surface area contributed by atoms with E-state index in [1.165, 1.54) is 72.5 Å². The second kappa shape index (κ2) is 18.2. The van der Waals surface area contributed by atoms with Crippen LogP contribution >= 0.6 is 0 Å². The van der Waals surface area contributed by atoms with Gasteiger partial charge in [0.2, 0.25) is 0 Å². The molecular formula is C73H53N5. The summed E-state index contributed by atoms with van der Waals surface area (Å²) in [5.74, 6) is 0.984. The van der Waals surface area contributed by atoms with Crippen LogP contribution in [-0.2, 0) is 5.41 Å². The van der Waals surface area contributed by atoms with Crippen molar-refractivity contribution < 1.29 is 0 Å². The number of fused-ring (bicyclic) bond motifs is 8. The molecule has 0 saturated carbocycles. The van der Waals surface area contributed by atoms with E-state index >= 15 is 0 Å². The molecule has 370 valence electrons. The van der Waals surface area contributed by atoms with E-state index in [1.54, 1.807) is 0 Å². The van der Waals surface area contributed by atoms with Gasteiger partial charge in [0.1, 0.15) is 0 Å². The van der Waals surface area contributed by atoms with E-state index in [-0.39, 0.29) is 17.4 Å². The molecule has 5 nitrogen and oxygen atoms in total. The molecule has 1 aliphatic carbocycles. The first-order valence-corrected chi connectivity index (χ1v) is 27.1. The lowest BCUT2D eigenvalue weighted by molar-refractivity contribution is 0.632. The number of hydrogen-bond acceptors (Lipinski definition) is 4. The van der Waals surface area contributed by atoms with Crippen LogP contribution in [0.25, 0.3) is 83.6 Å². The summed E-state index contributed by atoms with van der Waals surface area (Å²) in [6, 6.07) is 90.6. The van der Waals surface area contributed by atoms with Crippen molar-refractivity contribution in [2.45, 2.75) is 31.2 Å². The van der Waals surface area contributed by atoms with Crippen molar-refractivity contribution in [3.8, 4) is 61.8 Å². The molecule has 2 aliphatic heterocycles. The number of para-hydroxylation sites is 2. The highest BCUT2D eigenvalue weighted by atomic mass is 15.2. The minimum atomic E-state index is -0.261. The lowest BCUT2D eigenvalue weighted by Crippen LogP contribution is -2.30. The van der Waals surface area contributed by atoms with Crippen molar-refractivity contribution in [2.75, 3.05) is 9.80 Å². The lowest BCUT2D eigenvalue weighted by Gasteiger charge is -2.42. The molecule has 12 aromatic rings. The van der Waals surface area contributed by atoms with E-state index in [4.69, 9.17) is 9.97 Å². The lowest BCUT2D eigenvalue weighted by atomic mass is 9.73. The van der Waals surface area contributed by atoms with Gasteiger partial charge in [-0.15, -0.1) is 0 Å². The van der Waals surface area contributed by atoms with Crippen molar-refractivity contribution >= 4 is 50.2 Å². The predicted octanol–water partition coefficient (Wildman–Crippen LogP) is 18.7. The highest BCUT2D eigenvalue weighted by Gasteiger charge is 2.39. The summed E-state index contributed by atoms with van der Waals surface area (Å²) in [5, 5.41) is 2.39. The molecule has 5 heteroatoms. The highest BCUT2D eigenvalue weighted by molar-refractivity contribution is 6.12. The third-order valence-corrected chi connectivity index (χ3v) is 16.5. The van der Waals surface area contributed by atoms with Crippen LogP contribution in [0, 0.1) is 0 Å². The second-order valence-corrected chi connectivity index (χ2v) is 21.4. The van der Waals surface area contributed by atoms with Gasteiger partial charge in [-0.1, -0.05) is 202 Å². The van der Waals surface area contributed by atoms with Crippen molar-refractivity contribution in [3.63, 3.8) is 0 Å². The molecule has 0 saturated heterocycles. The first-order chi connectivity index (χ1) is 38.4. The Balaban J connectivity index is 0.891.